The number of para-hydroxylation sites is 2. The van der Waals surface area contributed by atoms with Crippen LogP contribution < -0.4 is 15.5 Å². The molecule has 174 valence electrons. The molecule has 10 heteroatoms. The summed E-state index contributed by atoms with van der Waals surface area (Å²) in [7, 11) is 1.46. The highest BCUT2D eigenvalue weighted by Crippen LogP contribution is 2.34. The normalized spacial score (nSPS) is 15.8. The number of nitrogens with one attached hydrogen (secondary N) is 2. The van der Waals surface area contributed by atoms with Crippen molar-refractivity contribution in [2.45, 2.75) is 12.3 Å². The quantitative estimate of drug-likeness (QED) is 0.540. The first kappa shape index (κ1) is 23.0. The van der Waals surface area contributed by atoms with E-state index in [4.69, 9.17) is 0 Å². The molecule has 0 aliphatic carbocycles. The molecule has 2 N–H and O–H groups in total. The number of amides is 3. The van der Waals surface area contributed by atoms with Crippen molar-refractivity contribution in [3.8, 4) is 0 Å². The van der Waals surface area contributed by atoms with E-state index in [1.807, 2.05) is 0 Å². The molecule has 0 spiro atoms. The van der Waals surface area contributed by atoms with Gasteiger partial charge in [0, 0.05) is 18.2 Å². The summed E-state index contributed by atoms with van der Waals surface area (Å²) in [6.07, 6.45) is -6.22. The second-order valence-electron chi connectivity index (χ2n) is 7.42. The third kappa shape index (κ3) is 4.47. The summed E-state index contributed by atoms with van der Waals surface area (Å²) >= 11 is 0. The summed E-state index contributed by atoms with van der Waals surface area (Å²) in [6.45, 7) is 0. The lowest BCUT2D eigenvalue weighted by Crippen LogP contribution is -2.47. The Morgan fingerprint density at radius 3 is 2.26 bits per heavy atom. The SMILES string of the molecule is CN1C(=O)C(NC(=O)Nc2ccccc2C(F)(F)F)N=C(c2ccccc2F)c2ccccc21. The highest BCUT2D eigenvalue weighted by molar-refractivity contribution is 6.20. The second-order valence-corrected chi connectivity index (χ2v) is 7.42. The summed E-state index contributed by atoms with van der Waals surface area (Å²) < 4.78 is 54.4. The van der Waals surface area contributed by atoms with Gasteiger partial charge in [-0.2, -0.15) is 13.2 Å². The fraction of sp³-hybridized carbons (Fsp3) is 0.125. The summed E-state index contributed by atoms with van der Waals surface area (Å²) in [5, 5.41) is 4.42. The zero-order chi connectivity index (χ0) is 24.5. The minimum absolute atomic E-state index is 0.104. The van der Waals surface area contributed by atoms with Gasteiger partial charge in [-0.15, -0.1) is 0 Å². The lowest BCUT2D eigenvalue weighted by atomic mass is 10.00. The summed E-state index contributed by atoms with van der Waals surface area (Å²) in [6, 6.07) is 15.9. The van der Waals surface area contributed by atoms with Crippen molar-refractivity contribution in [1.29, 1.82) is 0 Å². The number of anilines is 2. The minimum atomic E-state index is -4.69. The van der Waals surface area contributed by atoms with Gasteiger partial charge in [-0.05, 0) is 30.3 Å². The van der Waals surface area contributed by atoms with Crippen molar-refractivity contribution < 1.29 is 27.2 Å². The lowest BCUT2D eigenvalue weighted by molar-refractivity contribution is -0.137. The number of halogens is 4. The minimum Gasteiger partial charge on any atom is -0.311 e. The van der Waals surface area contributed by atoms with Gasteiger partial charge in [0.2, 0.25) is 6.17 Å². The Labute approximate surface area is 191 Å². The van der Waals surface area contributed by atoms with Gasteiger partial charge in [0.1, 0.15) is 5.82 Å². The van der Waals surface area contributed by atoms with Crippen molar-refractivity contribution in [3.05, 3.63) is 95.3 Å². The molecule has 3 aromatic carbocycles. The Kier molecular flexibility index (Phi) is 6.06. The molecular formula is C24H18F4N4O2. The number of urea groups is 1. The molecular weight excluding hydrogens is 452 g/mol. The van der Waals surface area contributed by atoms with E-state index in [1.165, 1.54) is 42.3 Å². The van der Waals surface area contributed by atoms with Crippen molar-refractivity contribution in [3.63, 3.8) is 0 Å². The molecule has 1 atom stereocenters. The number of likely N-dealkylation sites (N-methyl/N-ethyl adjacent to an activating group) is 1. The maximum Gasteiger partial charge on any atom is 0.418 e. The van der Waals surface area contributed by atoms with Crippen LogP contribution in [0.5, 0.6) is 0 Å². The fourth-order valence-electron chi connectivity index (χ4n) is 3.61. The van der Waals surface area contributed by atoms with Gasteiger partial charge in [0.25, 0.3) is 5.91 Å². The van der Waals surface area contributed by atoms with Crippen LogP contribution in [0.15, 0.2) is 77.8 Å². The first-order valence-electron chi connectivity index (χ1n) is 10.1. The Morgan fingerprint density at radius 2 is 1.56 bits per heavy atom. The van der Waals surface area contributed by atoms with Gasteiger partial charge in [0.05, 0.1) is 22.6 Å². The fourth-order valence-corrected chi connectivity index (χ4v) is 3.61. The van der Waals surface area contributed by atoms with Gasteiger partial charge < -0.3 is 15.5 Å². The number of hydrogen-bond donors (Lipinski definition) is 2. The summed E-state index contributed by atoms with van der Waals surface area (Å²) in [4.78, 5) is 31.3. The largest absolute Gasteiger partial charge is 0.418 e. The van der Waals surface area contributed by atoms with E-state index in [2.05, 4.69) is 15.6 Å². The third-order valence-electron chi connectivity index (χ3n) is 5.22. The van der Waals surface area contributed by atoms with Crippen molar-refractivity contribution in [2.24, 2.45) is 4.99 Å². The smallest absolute Gasteiger partial charge is 0.311 e. The van der Waals surface area contributed by atoms with E-state index in [9.17, 15) is 27.2 Å². The molecule has 0 fully saturated rings. The molecule has 0 saturated carbocycles. The molecule has 34 heavy (non-hydrogen) atoms. The Hall–Kier alpha value is -4.21. The maximum absolute atomic E-state index is 14.6. The molecule has 3 aromatic rings. The molecule has 1 aliphatic rings. The second kappa shape index (κ2) is 8.97. The van der Waals surface area contributed by atoms with Crippen LogP contribution in [0.4, 0.5) is 33.7 Å². The van der Waals surface area contributed by atoms with Crippen LogP contribution in [0.25, 0.3) is 0 Å². The van der Waals surface area contributed by atoms with Gasteiger partial charge in [-0.25, -0.2) is 14.2 Å². The number of benzene rings is 3. The number of benzodiazepines with no additional fused rings is 1. The topological polar surface area (TPSA) is 73.8 Å². The molecule has 0 bridgehead atoms. The van der Waals surface area contributed by atoms with E-state index in [0.29, 0.717) is 11.3 Å². The molecule has 4 rings (SSSR count). The number of fused-ring (bicyclic) bond motifs is 1. The Balaban J connectivity index is 1.71. The van der Waals surface area contributed by atoms with E-state index >= 15 is 0 Å². The zero-order valence-corrected chi connectivity index (χ0v) is 17.7. The average molecular weight is 470 g/mol. The number of rotatable bonds is 3. The predicted octanol–water partition coefficient (Wildman–Crippen LogP) is 4.81. The predicted molar refractivity (Wildman–Crippen MR) is 119 cm³/mol. The van der Waals surface area contributed by atoms with Gasteiger partial charge >= 0.3 is 12.2 Å². The summed E-state index contributed by atoms with van der Waals surface area (Å²) in [5.74, 6) is -1.24. The molecule has 0 aromatic heterocycles. The first-order chi connectivity index (χ1) is 16.2. The van der Waals surface area contributed by atoms with Gasteiger partial charge in [0.15, 0.2) is 0 Å². The molecule has 1 unspecified atom stereocenters. The first-order valence-corrected chi connectivity index (χ1v) is 10.1. The highest BCUT2D eigenvalue weighted by atomic mass is 19.4. The molecule has 0 saturated heterocycles. The number of carbonyl (C=O) groups excluding carboxylic acids is 2. The van der Waals surface area contributed by atoms with Crippen molar-refractivity contribution in [1.82, 2.24) is 5.32 Å². The van der Waals surface area contributed by atoms with Crippen LogP contribution in [-0.2, 0) is 11.0 Å². The van der Waals surface area contributed by atoms with Crippen LogP contribution in [0.3, 0.4) is 0 Å². The molecule has 1 aliphatic heterocycles. The highest BCUT2D eigenvalue weighted by Gasteiger charge is 2.35. The van der Waals surface area contributed by atoms with Crippen LogP contribution in [0.2, 0.25) is 0 Å². The van der Waals surface area contributed by atoms with Crippen LogP contribution >= 0.6 is 0 Å². The maximum atomic E-state index is 14.6. The van der Waals surface area contributed by atoms with Gasteiger partial charge in [-0.1, -0.05) is 42.5 Å². The van der Waals surface area contributed by atoms with E-state index < -0.39 is 41.3 Å². The van der Waals surface area contributed by atoms with Crippen molar-refractivity contribution in [2.75, 3.05) is 17.3 Å². The van der Waals surface area contributed by atoms with E-state index in [1.54, 1.807) is 30.3 Å². The van der Waals surface area contributed by atoms with Crippen LogP contribution in [-0.4, -0.2) is 30.9 Å². The van der Waals surface area contributed by atoms with Crippen molar-refractivity contribution >= 4 is 29.0 Å². The van der Waals surface area contributed by atoms with E-state index in [-0.39, 0.29) is 11.3 Å². The van der Waals surface area contributed by atoms with Crippen LogP contribution in [0, 0.1) is 5.82 Å². The number of aliphatic imine (C=N–C) groups is 1. The lowest BCUT2D eigenvalue weighted by Gasteiger charge is -2.21. The average Bonchev–Trinajstić information content (AvgIpc) is 2.90. The molecule has 1 heterocycles. The Morgan fingerprint density at radius 1 is 0.941 bits per heavy atom. The summed E-state index contributed by atoms with van der Waals surface area (Å²) in [5.41, 5.74) is -0.418. The number of nitrogens with zero attached hydrogens (tertiary/aromatic N) is 2. The molecule has 0 radical (unpaired) electrons. The zero-order valence-electron chi connectivity index (χ0n) is 17.7. The number of carbonyl (C=O) groups is 2. The van der Waals surface area contributed by atoms with E-state index in [0.717, 1.165) is 12.1 Å². The molecule has 3 amide bonds. The third-order valence-corrected chi connectivity index (χ3v) is 5.22. The van der Waals surface area contributed by atoms with Gasteiger partial charge in [-0.3, -0.25) is 4.79 Å². The standard InChI is InChI=1S/C24H18F4N4O2/c1-32-19-13-7-3-9-15(19)20(14-8-2-5-11-17(14)25)30-21(22(32)33)31-23(34)29-18-12-6-4-10-16(18)24(26,27)28/h2-13,21H,1H3,(H2,29,31,34). The monoisotopic (exact) mass is 470 g/mol. The number of hydrogen-bond acceptors (Lipinski definition) is 3. The number of alkyl halides is 3. The van der Waals surface area contributed by atoms with Crippen LogP contribution in [0.1, 0.15) is 16.7 Å². The Bertz CT molecular complexity index is 1290. The molecule has 6 nitrogen and oxygen atoms in total.